The van der Waals surface area contributed by atoms with E-state index in [4.69, 9.17) is 10.5 Å². The van der Waals surface area contributed by atoms with E-state index in [-0.39, 0.29) is 11.9 Å². The average Bonchev–Trinajstić information content (AvgIpc) is 3.19. The quantitative estimate of drug-likeness (QED) is 0.693. The number of nitrogens with two attached hydrogens (primary N) is 1. The number of hydrogen-bond acceptors (Lipinski definition) is 6. The first-order valence-corrected chi connectivity index (χ1v) is 9.56. The van der Waals surface area contributed by atoms with Crippen molar-refractivity contribution in [1.82, 2.24) is 14.9 Å². The van der Waals surface area contributed by atoms with E-state index >= 15 is 0 Å². The highest BCUT2D eigenvalue weighted by Crippen LogP contribution is 2.33. The molecule has 3 aromatic rings. The lowest BCUT2D eigenvalue weighted by Crippen LogP contribution is -2.30. The predicted molar refractivity (Wildman–Crippen MR) is 113 cm³/mol. The van der Waals surface area contributed by atoms with Crippen molar-refractivity contribution >= 4 is 17.5 Å². The first-order chi connectivity index (χ1) is 14.1. The Bertz CT molecular complexity index is 992. The molecule has 1 saturated heterocycles. The second kappa shape index (κ2) is 8.18. The summed E-state index contributed by atoms with van der Waals surface area (Å²) in [6, 6.07) is 17.4. The lowest BCUT2D eigenvalue weighted by molar-refractivity contribution is -0.127. The van der Waals surface area contributed by atoms with Crippen LogP contribution in [0.4, 0.5) is 11.6 Å². The van der Waals surface area contributed by atoms with Crippen LogP contribution in [0.25, 0.3) is 11.1 Å². The van der Waals surface area contributed by atoms with Gasteiger partial charge in [-0.3, -0.25) is 4.79 Å². The fraction of sp³-hybridized carbons (Fsp3) is 0.227. The molecule has 0 radical (unpaired) electrons. The summed E-state index contributed by atoms with van der Waals surface area (Å²) >= 11 is 0. The average molecular weight is 389 g/mol. The number of benzene rings is 2. The molecule has 1 aromatic heterocycles. The normalized spacial score (nSPS) is 15.9. The van der Waals surface area contributed by atoms with Gasteiger partial charge in [0.25, 0.3) is 0 Å². The third-order valence-electron chi connectivity index (χ3n) is 4.97. The van der Waals surface area contributed by atoms with Gasteiger partial charge in [0.2, 0.25) is 5.91 Å². The molecular weight excluding hydrogens is 366 g/mol. The van der Waals surface area contributed by atoms with E-state index in [0.717, 1.165) is 35.6 Å². The number of nitrogens with one attached hydrogen (secondary N) is 1. The number of hydrogen-bond donors (Lipinski definition) is 2. The predicted octanol–water partition coefficient (Wildman–Crippen LogP) is 3.55. The Kier molecular flexibility index (Phi) is 5.29. The Morgan fingerprint density at radius 1 is 1.10 bits per heavy atom. The standard InChI is InChI=1S/C22H23N5O2/c1-15(28)27-12-11-17(13-27)26-22-20(21(23)24-14-25-22)16-7-9-19(10-8-16)29-18-5-3-2-4-6-18/h2-10,14,17H,11-13H2,1H3,(H3,23,24,25,26). The molecule has 1 fully saturated rings. The fourth-order valence-corrected chi connectivity index (χ4v) is 3.46. The van der Waals surface area contributed by atoms with Crippen molar-refractivity contribution in [2.75, 3.05) is 24.1 Å². The summed E-state index contributed by atoms with van der Waals surface area (Å²) in [5.41, 5.74) is 7.82. The first kappa shape index (κ1) is 18.7. The number of carbonyl (C=O) groups excluding carboxylic acids is 1. The summed E-state index contributed by atoms with van der Waals surface area (Å²) in [4.78, 5) is 22.0. The summed E-state index contributed by atoms with van der Waals surface area (Å²) in [6.45, 7) is 2.99. The number of likely N-dealkylation sites (tertiary alicyclic amines) is 1. The number of amides is 1. The Morgan fingerprint density at radius 2 is 1.83 bits per heavy atom. The number of aromatic nitrogens is 2. The van der Waals surface area contributed by atoms with Gasteiger partial charge in [0.15, 0.2) is 0 Å². The Labute approximate surface area is 169 Å². The molecule has 0 saturated carbocycles. The topological polar surface area (TPSA) is 93.4 Å². The van der Waals surface area contributed by atoms with E-state index in [9.17, 15) is 4.79 Å². The van der Waals surface area contributed by atoms with Crippen molar-refractivity contribution in [3.63, 3.8) is 0 Å². The summed E-state index contributed by atoms with van der Waals surface area (Å²) in [5, 5.41) is 3.43. The summed E-state index contributed by atoms with van der Waals surface area (Å²) < 4.78 is 5.86. The highest BCUT2D eigenvalue weighted by Gasteiger charge is 2.25. The molecule has 7 nitrogen and oxygen atoms in total. The molecule has 148 valence electrons. The minimum atomic E-state index is 0.0886. The molecule has 7 heteroatoms. The molecule has 1 aliphatic rings. The molecule has 0 aliphatic carbocycles. The third-order valence-corrected chi connectivity index (χ3v) is 4.97. The van der Waals surface area contributed by atoms with Crippen molar-refractivity contribution in [2.45, 2.75) is 19.4 Å². The minimum absolute atomic E-state index is 0.0886. The third kappa shape index (κ3) is 4.29. The van der Waals surface area contributed by atoms with Gasteiger partial charge in [-0.1, -0.05) is 30.3 Å². The van der Waals surface area contributed by atoms with E-state index < -0.39 is 0 Å². The van der Waals surface area contributed by atoms with Gasteiger partial charge in [-0.05, 0) is 36.2 Å². The van der Waals surface area contributed by atoms with Crippen molar-refractivity contribution in [3.8, 4) is 22.6 Å². The number of nitrogens with zero attached hydrogens (tertiary/aromatic N) is 3. The SMILES string of the molecule is CC(=O)N1CCC(Nc2ncnc(N)c2-c2ccc(Oc3ccccc3)cc2)C1. The van der Waals surface area contributed by atoms with Gasteiger partial charge < -0.3 is 20.7 Å². The molecule has 1 unspecified atom stereocenters. The molecule has 2 heterocycles. The van der Waals surface area contributed by atoms with Gasteiger partial charge in [-0.2, -0.15) is 0 Å². The lowest BCUT2D eigenvalue weighted by Gasteiger charge is -2.18. The van der Waals surface area contributed by atoms with Gasteiger partial charge in [-0.15, -0.1) is 0 Å². The summed E-state index contributed by atoms with van der Waals surface area (Å²) in [5.74, 6) is 2.68. The van der Waals surface area contributed by atoms with Crippen LogP contribution in [0.15, 0.2) is 60.9 Å². The van der Waals surface area contributed by atoms with Crippen molar-refractivity contribution in [3.05, 3.63) is 60.9 Å². The maximum atomic E-state index is 11.6. The van der Waals surface area contributed by atoms with E-state index in [0.29, 0.717) is 18.2 Å². The monoisotopic (exact) mass is 389 g/mol. The molecule has 1 amide bonds. The molecule has 2 aromatic carbocycles. The minimum Gasteiger partial charge on any atom is -0.457 e. The zero-order valence-corrected chi connectivity index (χ0v) is 16.2. The second-order valence-corrected chi connectivity index (χ2v) is 7.02. The molecule has 0 spiro atoms. The van der Waals surface area contributed by atoms with Gasteiger partial charge in [-0.25, -0.2) is 9.97 Å². The number of carbonyl (C=O) groups is 1. The molecule has 1 atom stereocenters. The Hall–Kier alpha value is -3.61. The smallest absolute Gasteiger partial charge is 0.219 e. The van der Waals surface area contributed by atoms with E-state index in [1.165, 1.54) is 6.33 Å². The maximum Gasteiger partial charge on any atom is 0.219 e. The zero-order valence-electron chi connectivity index (χ0n) is 16.2. The summed E-state index contributed by atoms with van der Waals surface area (Å²) in [7, 11) is 0. The van der Waals surface area contributed by atoms with Gasteiger partial charge in [0, 0.05) is 26.1 Å². The number of rotatable bonds is 5. The maximum absolute atomic E-state index is 11.6. The molecule has 1 aliphatic heterocycles. The zero-order chi connectivity index (χ0) is 20.2. The van der Waals surface area contributed by atoms with E-state index in [2.05, 4.69) is 15.3 Å². The number of para-hydroxylation sites is 1. The van der Waals surface area contributed by atoms with Crippen LogP contribution in [-0.2, 0) is 4.79 Å². The molecule has 3 N–H and O–H groups in total. The lowest BCUT2D eigenvalue weighted by atomic mass is 10.1. The molecule has 0 bridgehead atoms. The molecular formula is C22H23N5O2. The van der Waals surface area contributed by atoms with Crippen LogP contribution in [-0.4, -0.2) is 39.9 Å². The molecule has 4 rings (SSSR count). The van der Waals surface area contributed by atoms with Crippen LogP contribution in [0.2, 0.25) is 0 Å². The van der Waals surface area contributed by atoms with Crippen molar-refractivity contribution in [2.24, 2.45) is 0 Å². The van der Waals surface area contributed by atoms with Crippen LogP contribution in [0.1, 0.15) is 13.3 Å². The number of ether oxygens (including phenoxy) is 1. The Morgan fingerprint density at radius 3 is 2.52 bits per heavy atom. The number of anilines is 2. The van der Waals surface area contributed by atoms with Crippen LogP contribution in [0, 0.1) is 0 Å². The van der Waals surface area contributed by atoms with E-state index in [1.54, 1.807) is 6.92 Å². The number of nitrogen functional groups attached to an aromatic ring is 1. The summed E-state index contributed by atoms with van der Waals surface area (Å²) in [6.07, 6.45) is 2.32. The largest absolute Gasteiger partial charge is 0.457 e. The first-order valence-electron chi connectivity index (χ1n) is 9.56. The fourth-order valence-electron chi connectivity index (χ4n) is 3.46. The van der Waals surface area contributed by atoms with Crippen LogP contribution in [0.5, 0.6) is 11.5 Å². The Balaban J connectivity index is 1.54. The van der Waals surface area contributed by atoms with Crippen molar-refractivity contribution in [1.29, 1.82) is 0 Å². The van der Waals surface area contributed by atoms with Crippen LogP contribution in [0.3, 0.4) is 0 Å². The highest BCUT2D eigenvalue weighted by atomic mass is 16.5. The highest BCUT2D eigenvalue weighted by molar-refractivity contribution is 5.84. The second-order valence-electron chi connectivity index (χ2n) is 7.02. The van der Waals surface area contributed by atoms with Gasteiger partial charge >= 0.3 is 0 Å². The van der Waals surface area contributed by atoms with Crippen LogP contribution >= 0.6 is 0 Å². The van der Waals surface area contributed by atoms with Crippen LogP contribution < -0.4 is 15.8 Å². The van der Waals surface area contributed by atoms with Gasteiger partial charge in [0.05, 0.1) is 5.56 Å². The van der Waals surface area contributed by atoms with Gasteiger partial charge in [0.1, 0.15) is 29.5 Å². The molecule has 29 heavy (non-hydrogen) atoms. The van der Waals surface area contributed by atoms with E-state index in [1.807, 2.05) is 59.5 Å². The van der Waals surface area contributed by atoms with Crippen molar-refractivity contribution < 1.29 is 9.53 Å².